The molecule has 7 heteroatoms. The van der Waals surface area contributed by atoms with Crippen LogP contribution in [-0.2, 0) is 16.3 Å². The van der Waals surface area contributed by atoms with E-state index in [2.05, 4.69) is 28.2 Å². The van der Waals surface area contributed by atoms with Gasteiger partial charge < -0.3 is 14.5 Å². The number of benzene rings is 2. The number of aryl methyl sites for hydroxylation is 1. The van der Waals surface area contributed by atoms with Crippen molar-refractivity contribution in [3.63, 3.8) is 0 Å². The Morgan fingerprint density at radius 3 is 2.55 bits per heavy atom. The van der Waals surface area contributed by atoms with Gasteiger partial charge >= 0.3 is 0 Å². The van der Waals surface area contributed by atoms with Gasteiger partial charge in [0.05, 0.1) is 17.7 Å². The molecule has 0 radical (unpaired) electrons. The third-order valence-corrected chi connectivity index (χ3v) is 7.89. The molecule has 2 aromatic rings. The van der Waals surface area contributed by atoms with E-state index in [1.54, 1.807) is 25.3 Å². The summed E-state index contributed by atoms with van der Waals surface area (Å²) in [6.07, 6.45) is 0.845. The van der Waals surface area contributed by atoms with Gasteiger partial charge in [-0.25, -0.2) is 8.42 Å². The van der Waals surface area contributed by atoms with E-state index in [9.17, 15) is 8.42 Å². The molecule has 0 aromatic heterocycles. The second kappa shape index (κ2) is 7.97. The Morgan fingerprint density at radius 1 is 1.07 bits per heavy atom. The molecule has 2 aliphatic rings. The second-order valence-electron chi connectivity index (χ2n) is 7.96. The van der Waals surface area contributed by atoms with Crippen molar-refractivity contribution in [3.8, 4) is 5.75 Å². The van der Waals surface area contributed by atoms with E-state index in [4.69, 9.17) is 4.74 Å². The van der Waals surface area contributed by atoms with Gasteiger partial charge in [0.1, 0.15) is 11.1 Å². The van der Waals surface area contributed by atoms with Crippen LogP contribution in [0.1, 0.15) is 22.1 Å². The van der Waals surface area contributed by atoms with Gasteiger partial charge in [0.2, 0.25) is 0 Å². The van der Waals surface area contributed by atoms with Crippen LogP contribution >= 0.6 is 0 Å². The summed E-state index contributed by atoms with van der Waals surface area (Å²) in [5, 5.41) is 2.51. The SMILES string of the molecule is COc1ccc(S(=O)(=O)C2NCCc3cc(C)ccc32)cc1N1CCN(C)CC1. The average molecular weight is 416 g/mol. The summed E-state index contributed by atoms with van der Waals surface area (Å²) < 4.78 is 32.7. The number of fused-ring (bicyclic) bond motifs is 1. The maximum Gasteiger partial charge on any atom is 0.198 e. The number of nitrogens with one attached hydrogen (secondary N) is 1. The Morgan fingerprint density at radius 2 is 1.83 bits per heavy atom. The minimum absolute atomic E-state index is 0.332. The second-order valence-corrected chi connectivity index (χ2v) is 9.99. The van der Waals surface area contributed by atoms with Crippen molar-refractivity contribution in [1.29, 1.82) is 0 Å². The van der Waals surface area contributed by atoms with Crippen molar-refractivity contribution in [3.05, 3.63) is 53.1 Å². The van der Waals surface area contributed by atoms with Gasteiger partial charge in [0, 0.05) is 32.7 Å². The minimum Gasteiger partial charge on any atom is -0.495 e. The molecule has 0 saturated carbocycles. The van der Waals surface area contributed by atoms with Crippen molar-refractivity contribution in [2.45, 2.75) is 23.6 Å². The molecule has 0 bridgehead atoms. The number of rotatable bonds is 4. The van der Waals surface area contributed by atoms with Gasteiger partial charge in [-0.2, -0.15) is 0 Å². The lowest BCUT2D eigenvalue weighted by Gasteiger charge is -2.35. The molecule has 4 rings (SSSR count). The topological polar surface area (TPSA) is 61.9 Å². The number of hydrogen-bond acceptors (Lipinski definition) is 6. The van der Waals surface area contributed by atoms with E-state index in [0.29, 0.717) is 17.2 Å². The monoisotopic (exact) mass is 415 g/mol. The zero-order valence-electron chi connectivity index (χ0n) is 17.3. The maximum absolute atomic E-state index is 13.6. The van der Waals surface area contributed by atoms with Crippen LogP contribution in [-0.4, -0.2) is 60.2 Å². The Bertz CT molecular complexity index is 998. The Kier molecular flexibility index (Phi) is 5.55. The van der Waals surface area contributed by atoms with Crippen LogP contribution in [0.25, 0.3) is 0 Å². The molecule has 29 heavy (non-hydrogen) atoms. The quantitative estimate of drug-likeness (QED) is 0.827. The first-order valence-corrected chi connectivity index (χ1v) is 11.6. The van der Waals surface area contributed by atoms with Crippen LogP contribution in [0, 0.1) is 6.92 Å². The summed E-state index contributed by atoms with van der Waals surface area (Å²) in [5.41, 5.74) is 3.98. The van der Waals surface area contributed by atoms with Crippen LogP contribution in [0.5, 0.6) is 5.75 Å². The van der Waals surface area contributed by atoms with E-state index in [-0.39, 0.29) is 0 Å². The fraction of sp³-hybridized carbons (Fsp3) is 0.455. The van der Waals surface area contributed by atoms with E-state index < -0.39 is 15.2 Å². The highest BCUT2D eigenvalue weighted by atomic mass is 32.2. The molecular weight excluding hydrogens is 386 g/mol. The van der Waals surface area contributed by atoms with Gasteiger partial charge in [0.25, 0.3) is 0 Å². The number of methoxy groups -OCH3 is 1. The Balaban J connectivity index is 1.72. The Hall–Kier alpha value is -2.09. The molecule has 0 spiro atoms. The van der Waals surface area contributed by atoms with Gasteiger partial charge in [-0.1, -0.05) is 23.8 Å². The zero-order chi connectivity index (χ0) is 20.6. The fourth-order valence-electron chi connectivity index (χ4n) is 4.21. The number of piperazine rings is 1. The molecule has 1 atom stereocenters. The summed E-state index contributed by atoms with van der Waals surface area (Å²) in [5.74, 6) is 0.709. The van der Waals surface area contributed by atoms with Crippen LogP contribution in [0.3, 0.4) is 0 Å². The molecule has 156 valence electrons. The number of likely N-dealkylation sites (N-methyl/N-ethyl adjacent to an activating group) is 1. The number of nitrogens with zero attached hydrogens (tertiary/aromatic N) is 2. The summed E-state index contributed by atoms with van der Waals surface area (Å²) in [6, 6.07) is 11.3. The van der Waals surface area contributed by atoms with Crippen molar-refractivity contribution in [2.24, 2.45) is 0 Å². The predicted octanol–water partition coefficient (Wildman–Crippen LogP) is 2.37. The van der Waals surface area contributed by atoms with E-state index in [1.165, 1.54) is 0 Å². The highest BCUT2D eigenvalue weighted by Gasteiger charge is 2.33. The maximum atomic E-state index is 13.6. The van der Waals surface area contributed by atoms with Crippen molar-refractivity contribution < 1.29 is 13.2 Å². The van der Waals surface area contributed by atoms with Gasteiger partial charge in [0.15, 0.2) is 9.84 Å². The number of ether oxygens (including phenoxy) is 1. The van der Waals surface area contributed by atoms with Crippen LogP contribution in [0.15, 0.2) is 41.3 Å². The molecule has 6 nitrogen and oxygen atoms in total. The normalized spacial score (nSPS) is 20.4. The first kappa shape index (κ1) is 20.2. The molecular formula is C22H29N3O3S. The lowest BCUT2D eigenvalue weighted by atomic mass is 9.99. The summed E-state index contributed by atoms with van der Waals surface area (Å²) in [6.45, 7) is 6.27. The summed E-state index contributed by atoms with van der Waals surface area (Å²) >= 11 is 0. The van der Waals surface area contributed by atoms with Gasteiger partial charge in [-0.05, 0) is 49.7 Å². The third kappa shape index (κ3) is 3.86. The molecule has 1 N–H and O–H groups in total. The van der Waals surface area contributed by atoms with Crippen LogP contribution < -0.4 is 15.0 Å². The van der Waals surface area contributed by atoms with E-state index in [0.717, 1.165) is 55.0 Å². The minimum atomic E-state index is -3.59. The van der Waals surface area contributed by atoms with Gasteiger partial charge in [-0.15, -0.1) is 0 Å². The highest BCUT2D eigenvalue weighted by Crippen LogP contribution is 2.37. The molecule has 0 amide bonds. The molecule has 1 saturated heterocycles. The smallest absolute Gasteiger partial charge is 0.198 e. The lowest BCUT2D eigenvalue weighted by molar-refractivity contribution is 0.311. The van der Waals surface area contributed by atoms with Crippen LogP contribution in [0.4, 0.5) is 5.69 Å². The third-order valence-electron chi connectivity index (χ3n) is 5.94. The lowest BCUT2D eigenvalue weighted by Crippen LogP contribution is -2.44. The van der Waals surface area contributed by atoms with Crippen LogP contribution in [0.2, 0.25) is 0 Å². The number of anilines is 1. The molecule has 2 heterocycles. The van der Waals surface area contributed by atoms with Crippen molar-refractivity contribution in [1.82, 2.24) is 10.2 Å². The Labute approximate surface area is 173 Å². The molecule has 2 aliphatic heterocycles. The zero-order valence-corrected chi connectivity index (χ0v) is 18.1. The average Bonchev–Trinajstić information content (AvgIpc) is 2.73. The largest absolute Gasteiger partial charge is 0.495 e. The fourth-order valence-corrected chi connectivity index (χ4v) is 5.92. The first-order valence-electron chi connectivity index (χ1n) is 10.1. The van der Waals surface area contributed by atoms with Crippen molar-refractivity contribution in [2.75, 3.05) is 51.8 Å². The molecule has 2 aromatic carbocycles. The number of hydrogen-bond donors (Lipinski definition) is 1. The molecule has 0 aliphatic carbocycles. The van der Waals surface area contributed by atoms with E-state index >= 15 is 0 Å². The molecule has 1 unspecified atom stereocenters. The number of sulfone groups is 1. The summed E-state index contributed by atoms with van der Waals surface area (Å²) in [4.78, 5) is 4.82. The van der Waals surface area contributed by atoms with E-state index in [1.807, 2.05) is 19.1 Å². The predicted molar refractivity (Wildman–Crippen MR) is 116 cm³/mol. The highest BCUT2D eigenvalue weighted by molar-refractivity contribution is 7.91. The standard InChI is InChI=1S/C22H29N3O3S/c1-16-4-6-19-17(14-16)8-9-23-22(19)29(26,27)18-5-7-21(28-3)20(15-18)25-12-10-24(2)11-13-25/h4-7,14-15,22-23H,8-13H2,1-3H3. The first-order chi connectivity index (χ1) is 13.9. The summed E-state index contributed by atoms with van der Waals surface area (Å²) in [7, 11) is 0.141. The van der Waals surface area contributed by atoms with Crippen molar-refractivity contribution >= 4 is 15.5 Å². The van der Waals surface area contributed by atoms with Gasteiger partial charge in [-0.3, -0.25) is 5.32 Å². The molecule has 1 fully saturated rings.